The molecule has 0 saturated carbocycles. The van der Waals surface area contributed by atoms with Gasteiger partial charge in [0.05, 0.1) is 37.6 Å². The summed E-state index contributed by atoms with van der Waals surface area (Å²) in [4.78, 5) is 0. The standard InChI is InChI=1S/C36H60O5Si2/c1-34(2,3)42(8,9)39-28-32-31(41-43(10,11)35(4,5)6)25-33(38-27-30-21-16-13-17-22-30)36(7,40-32)23-18-24-37-26-29-19-14-12-15-20-29/h12-17,19-22,31-33H,18,23-28H2,1-11H3/t31-,32+,33+,36-/m0/s1. The van der Waals surface area contributed by atoms with Gasteiger partial charge < -0.3 is 23.1 Å². The second-order valence-corrected chi connectivity index (χ2v) is 25.2. The molecule has 1 aliphatic heterocycles. The molecule has 242 valence electrons. The summed E-state index contributed by atoms with van der Waals surface area (Å²) in [7, 11) is -4.06. The van der Waals surface area contributed by atoms with Crippen LogP contribution in [0.3, 0.4) is 0 Å². The maximum Gasteiger partial charge on any atom is 0.192 e. The van der Waals surface area contributed by atoms with Gasteiger partial charge in [-0.25, -0.2) is 0 Å². The van der Waals surface area contributed by atoms with Crippen molar-refractivity contribution in [2.24, 2.45) is 0 Å². The van der Waals surface area contributed by atoms with E-state index in [0.717, 1.165) is 19.3 Å². The third-order valence-corrected chi connectivity index (χ3v) is 19.0. The van der Waals surface area contributed by atoms with Crippen molar-refractivity contribution in [2.45, 2.75) is 141 Å². The lowest BCUT2D eigenvalue weighted by molar-refractivity contribution is -0.240. The summed E-state index contributed by atoms with van der Waals surface area (Å²) in [5.41, 5.74) is 1.88. The maximum absolute atomic E-state index is 7.13. The van der Waals surface area contributed by atoms with Crippen molar-refractivity contribution in [3.8, 4) is 0 Å². The van der Waals surface area contributed by atoms with Crippen LogP contribution in [0.2, 0.25) is 36.3 Å². The first kappa shape index (κ1) is 36.1. The van der Waals surface area contributed by atoms with E-state index in [1.54, 1.807) is 0 Å². The molecule has 0 radical (unpaired) electrons. The fraction of sp³-hybridized carbons (Fsp3) is 0.667. The van der Waals surface area contributed by atoms with Crippen molar-refractivity contribution in [3.05, 3.63) is 71.8 Å². The highest BCUT2D eigenvalue weighted by molar-refractivity contribution is 6.74. The van der Waals surface area contributed by atoms with Crippen LogP contribution in [0.4, 0.5) is 0 Å². The van der Waals surface area contributed by atoms with Gasteiger partial charge in [0.1, 0.15) is 6.10 Å². The van der Waals surface area contributed by atoms with E-state index < -0.39 is 22.2 Å². The Labute approximate surface area is 265 Å². The first-order chi connectivity index (χ1) is 19.9. The van der Waals surface area contributed by atoms with E-state index in [9.17, 15) is 0 Å². The van der Waals surface area contributed by atoms with Crippen LogP contribution in [0.25, 0.3) is 0 Å². The number of benzene rings is 2. The fourth-order valence-corrected chi connectivity index (χ4v) is 7.33. The largest absolute Gasteiger partial charge is 0.414 e. The first-order valence-corrected chi connectivity index (χ1v) is 22.0. The molecule has 0 aliphatic carbocycles. The predicted molar refractivity (Wildman–Crippen MR) is 183 cm³/mol. The van der Waals surface area contributed by atoms with Crippen molar-refractivity contribution >= 4 is 16.6 Å². The molecular formula is C36H60O5Si2. The molecular weight excluding hydrogens is 569 g/mol. The van der Waals surface area contributed by atoms with Gasteiger partial charge in [-0.3, -0.25) is 0 Å². The molecule has 1 saturated heterocycles. The van der Waals surface area contributed by atoms with Gasteiger partial charge >= 0.3 is 0 Å². The Kier molecular flexibility index (Phi) is 12.5. The van der Waals surface area contributed by atoms with E-state index in [2.05, 4.69) is 123 Å². The highest BCUT2D eigenvalue weighted by Crippen LogP contribution is 2.43. The lowest BCUT2D eigenvalue weighted by Gasteiger charge is -2.51. The third-order valence-electron chi connectivity index (χ3n) is 10.00. The van der Waals surface area contributed by atoms with E-state index in [-0.39, 0.29) is 28.4 Å². The van der Waals surface area contributed by atoms with E-state index in [4.69, 9.17) is 23.1 Å². The second-order valence-electron chi connectivity index (χ2n) is 15.6. The molecule has 2 aromatic rings. The molecule has 0 amide bonds. The van der Waals surface area contributed by atoms with Crippen LogP contribution in [0.5, 0.6) is 0 Å². The van der Waals surface area contributed by atoms with Gasteiger partial charge in [0.15, 0.2) is 16.6 Å². The summed E-state index contributed by atoms with van der Waals surface area (Å²) in [5, 5.41) is 0.216. The smallest absolute Gasteiger partial charge is 0.192 e. The molecule has 3 rings (SSSR count). The van der Waals surface area contributed by atoms with Crippen LogP contribution in [0.1, 0.15) is 78.9 Å². The topological polar surface area (TPSA) is 46.2 Å². The summed E-state index contributed by atoms with van der Waals surface area (Å²) < 4.78 is 33.8. The molecule has 1 fully saturated rings. The van der Waals surface area contributed by atoms with Gasteiger partial charge in [0.25, 0.3) is 0 Å². The Balaban J connectivity index is 1.81. The molecule has 4 atom stereocenters. The minimum absolute atomic E-state index is 0.0890. The lowest BCUT2D eigenvalue weighted by Crippen LogP contribution is -2.60. The van der Waals surface area contributed by atoms with Crippen LogP contribution in [0, 0.1) is 0 Å². The highest BCUT2D eigenvalue weighted by atomic mass is 28.4. The Morgan fingerprint density at radius 1 is 0.791 bits per heavy atom. The SMILES string of the molecule is CC(C)(C)[Si](C)(C)OC[C@H]1O[C@@](C)(CCCOCc2ccccc2)[C@H](OCc2ccccc2)C[C@@H]1O[Si](C)(C)C(C)(C)C. The molecule has 0 N–H and O–H groups in total. The van der Waals surface area contributed by atoms with Crippen molar-refractivity contribution in [2.75, 3.05) is 13.2 Å². The summed E-state index contributed by atoms with van der Waals surface area (Å²) in [6.07, 6.45) is 2.15. The van der Waals surface area contributed by atoms with Gasteiger partial charge in [-0.05, 0) is 67.2 Å². The Hall–Kier alpha value is -1.33. The molecule has 7 heteroatoms. The molecule has 2 aromatic carbocycles. The monoisotopic (exact) mass is 628 g/mol. The normalized spacial score (nSPS) is 23.8. The molecule has 1 aliphatic rings. The van der Waals surface area contributed by atoms with Crippen molar-refractivity contribution in [1.29, 1.82) is 0 Å². The van der Waals surface area contributed by atoms with Crippen LogP contribution >= 0.6 is 0 Å². The fourth-order valence-electron chi connectivity index (χ4n) is 4.96. The summed E-state index contributed by atoms with van der Waals surface area (Å²) in [6.45, 7) is 27.7. The minimum Gasteiger partial charge on any atom is -0.414 e. The molecule has 1 heterocycles. The first-order valence-electron chi connectivity index (χ1n) is 16.2. The molecule has 43 heavy (non-hydrogen) atoms. The number of rotatable bonds is 14. The Morgan fingerprint density at radius 2 is 1.33 bits per heavy atom. The van der Waals surface area contributed by atoms with Crippen LogP contribution in [-0.2, 0) is 36.3 Å². The quantitative estimate of drug-likeness (QED) is 0.154. The molecule has 0 unspecified atom stereocenters. The van der Waals surface area contributed by atoms with E-state index >= 15 is 0 Å². The predicted octanol–water partition coefficient (Wildman–Crippen LogP) is 9.53. The van der Waals surface area contributed by atoms with Crippen LogP contribution in [0.15, 0.2) is 60.7 Å². The third kappa shape index (κ3) is 10.3. The van der Waals surface area contributed by atoms with Crippen molar-refractivity contribution < 1.29 is 23.1 Å². The summed E-state index contributed by atoms with van der Waals surface area (Å²) >= 11 is 0. The van der Waals surface area contributed by atoms with Gasteiger partial charge in [-0.15, -0.1) is 0 Å². The van der Waals surface area contributed by atoms with E-state index in [0.29, 0.717) is 26.4 Å². The zero-order valence-corrected chi connectivity index (χ0v) is 31.0. The Morgan fingerprint density at radius 3 is 1.86 bits per heavy atom. The summed E-state index contributed by atoms with van der Waals surface area (Å²) in [6, 6.07) is 20.8. The van der Waals surface area contributed by atoms with Gasteiger partial charge in [0.2, 0.25) is 0 Å². The zero-order chi connectivity index (χ0) is 31.9. The minimum atomic E-state index is -2.08. The van der Waals surface area contributed by atoms with E-state index in [1.165, 1.54) is 11.1 Å². The molecule has 0 bridgehead atoms. The van der Waals surface area contributed by atoms with Gasteiger partial charge in [-0.1, -0.05) is 102 Å². The average Bonchev–Trinajstić information content (AvgIpc) is 2.92. The van der Waals surface area contributed by atoms with Crippen molar-refractivity contribution in [1.82, 2.24) is 0 Å². The average molecular weight is 629 g/mol. The molecule has 0 aromatic heterocycles. The van der Waals surface area contributed by atoms with Gasteiger partial charge in [0, 0.05) is 13.0 Å². The summed E-state index contributed by atoms with van der Waals surface area (Å²) in [5.74, 6) is 0. The number of ether oxygens (including phenoxy) is 3. The number of hydrogen-bond acceptors (Lipinski definition) is 5. The van der Waals surface area contributed by atoms with Crippen LogP contribution < -0.4 is 0 Å². The molecule has 5 nitrogen and oxygen atoms in total. The van der Waals surface area contributed by atoms with Crippen molar-refractivity contribution in [3.63, 3.8) is 0 Å². The van der Waals surface area contributed by atoms with Crippen LogP contribution in [-0.4, -0.2) is 53.8 Å². The highest BCUT2D eigenvalue weighted by Gasteiger charge is 2.50. The second kappa shape index (κ2) is 14.8. The van der Waals surface area contributed by atoms with Gasteiger partial charge in [-0.2, -0.15) is 0 Å². The maximum atomic E-state index is 7.13. The number of hydrogen-bond donors (Lipinski definition) is 0. The van der Waals surface area contributed by atoms with E-state index in [1.807, 2.05) is 12.1 Å². The lowest BCUT2D eigenvalue weighted by atomic mass is 9.85. The molecule has 0 spiro atoms. The Bertz CT molecular complexity index is 1090. The zero-order valence-electron chi connectivity index (χ0n) is 29.0.